The molecule has 0 aliphatic heterocycles. The van der Waals surface area contributed by atoms with Crippen molar-refractivity contribution in [1.29, 1.82) is 0 Å². The van der Waals surface area contributed by atoms with Crippen molar-refractivity contribution in [2.24, 2.45) is 0 Å². The predicted molar refractivity (Wildman–Crippen MR) is 45.8 cm³/mol. The van der Waals surface area contributed by atoms with Crippen molar-refractivity contribution >= 4 is 0 Å². The van der Waals surface area contributed by atoms with Crippen LogP contribution in [0, 0.1) is 0 Å². The van der Waals surface area contributed by atoms with E-state index in [1.54, 1.807) is 0 Å². The summed E-state index contributed by atoms with van der Waals surface area (Å²) < 4.78 is 0. The third kappa shape index (κ3) is 1.47. The molecule has 0 amide bonds. The van der Waals surface area contributed by atoms with E-state index in [-0.39, 0.29) is 0 Å². The fraction of sp³-hybridized carbons (Fsp3) is 0.200. The molecule has 52 valence electrons. The zero-order valence-electron chi connectivity index (χ0n) is 6.30. The van der Waals surface area contributed by atoms with Gasteiger partial charge in [-0.2, -0.15) is 0 Å². The van der Waals surface area contributed by atoms with Crippen LogP contribution < -0.4 is 0 Å². The van der Waals surface area contributed by atoms with Gasteiger partial charge in [0.25, 0.3) is 0 Å². The van der Waals surface area contributed by atoms with E-state index < -0.39 is 0 Å². The maximum atomic E-state index is 3.73. The molecule has 0 unspecified atom stereocenters. The van der Waals surface area contributed by atoms with Crippen LogP contribution in [0.5, 0.6) is 0 Å². The fourth-order valence-corrected chi connectivity index (χ4v) is 0.975. The molecule has 0 fully saturated rings. The lowest BCUT2D eigenvalue weighted by molar-refractivity contribution is 1.40. The summed E-state index contributed by atoms with van der Waals surface area (Å²) in [5.41, 5.74) is 2.53. The van der Waals surface area contributed by atoms with Crippen LogP contribution in [0.15, 0.2) is 48.1 Å². The minimum Gasteiger partial charge on any atom is -0.0985 e. The Labute approximate surface area is 62.3 Å². The molecule has 0 heterocycles. The second kappa shape index (κ2) is 3.21. The highest BCUT2D eigenvalue weighted by Crippen LogP contribution is 2.12. The number of hydrogen-bond acceptors (Lipinski definition) is 0. The molecular formula is C10H12. The first-order valence-corrected chi connectivity index (χ1v) is 3.51. The lowest BCUT2D eigenvalue weighted by atomic mass is 10.1. The van der Waals surface area contributed by atoms with Crippen molar-refractivity contribution in [1.82, 2.24) is 0 Å². The van der Waals surface area contributed by atoms with Crippen molar-refractivity contribution in [2.45, 2.75) is 13.3 Å². The molecule has 0 aromatic heterocycles. The molecule has 1 aliphatic carbocycles. The van der Waals surface area contributed by atoms with Crippen LogP contribution in [0.4, 0.5) is 0 Å². The van der Waals surface area contributed by atoms with Gasteiger partial charge in [0.15, 0.2) is 0 Å². The highest BCUT2D eigenvalue weighted by molar-refractivity contribution is 5.40. The summed E-state index contributed by atoms with van der Waals surface area (Å²) in [6.07, 6.45) is 11.5. The van der Waals surface area contributed by atoms with Gasteiger partial charge in [0.05, 0.1) is 0 Å². The average Bonchev–Trinajstić information content (AvgIpc) is 2.13. The van der Waals surface area contributed by atoms with Crippen LogP contribution in [0.1, 0.15) is 13.3 Å². The van der Waals surface area contributed by atoms with E-state index in [1.165, 1.54) is 11.1 Å². The van der Waals surface area contributed by atoms with Crippen molar-refractivity contribution in [3.63, 3.8) is 0 Å². The average molecular weight is 132 g/mol. The van der Waals surface area contributed by atoms with Crippen molar-refractivity contribution in [3.8, 4) is 0 Å². The molecule has 0 aromatic rings. The fourth-order valence-electron chi connectivity index (χ4n) is 0.975. The van der Waals surface area contributed by atoms with E-state index in [9.17, 15) is 0 Å². The second-order valence-electron chi connectivity index (χ2n) is 2.38. The Balaban J connectivity index is 2.98. The molecule has 0 nitrogen and oxygen atoms in total. The molecule has 0 saturated carbocycles. The summed E-state index contributed by atoms with van der Waals surface area (Å²) in [4.78, 5) is 0. The SMILES string of the molecule is C=CC1=C(C)C=CCC=C1. The van der Waals surface area contributed by atoms with Gasteiger partial charge < -0.3 is 0 Å². The molecular weight excluding hydrogens is 120 g/mol. The Morgan fingerprint density at radius 2 is 2.10 bits per heavy atom. The lowest BCUT2D eigenvalue weighted by Crippen LogP contribution is -1.74. The Hall–Kier alpha value is -1.04. The van der Waals surface area contributed by atoms with E-state index in [0.29, 0.717) is 0 Å². The highest BCUT2D eigenvalue weighted by Gasteiger charge is 1.92. The Morgan fingerprint density at radius 1 is 1.40 bits per heavy atom. The third-order valence-corrected chi connectivity index (χ3v) is 1.61. The van der Waals surface area contributed by atoms with Gasteiger partial charge in [0.2, 0.25) is 0 Å². The van der Waals surface area contributed by atoms with Gasteiger partial charge in [0.1, 0.15) is 0 Å². The predicted octanol–water partition coefficient (Wildman–Crippen LogP) is 3.01. The second-order valence-corrected chi connectivity index (χ2v) is 2.38. The Bertz CT molecular complexity index is 214. The van der Waals surface area contributed by atoms with E-state index >= 15 is 0 Å². The molecule has 10 heavy (non-hydrogen) atoms. The van der Waals surface area contributed by atoms with Crippen molar-refractivity contribution in [3.05, 3.63) is 48.1 Å². The maximum absolute atomic E-state index is 3.73. The molecule has 0 atom stereocenters. The first-order chi connectivity index (χ1) is 4.84. The van der Waals surface area contributed by atoms with Crippen LogP contribution in [0.25, 0.3) is 0 Å². The first-order valence-electron chi connectivity index (χ1n) is 3.51. The van der Waals surface area contributed by atoms with Crippen LogP contribution in [-0.4, -0.2) is 0 Å². The summed E-state index contributed by atoms with van der Waals surface area (Å²) in [6, 6.07) is 0. The minimum absolute atomic E-state index is 1.04. The molecule has 0 radical (unpaired) electrons. The minimum atomic E-state index is 1.04. The highest BCUT2D eigenvalue weighted by atomic mass is 14.0. The normalized spacial score (nSPS) is 17.3. The number of hydrogen-bond donors (Lipinski definition) is 0. The summed E-state index contributed by atoms with van der Waals surface area (Å²) >= 11 is 0. The zero-order chi connectivity index (χ0) is 7.40. The van der Waals surface area contributed by atoms with E-state index in [2.05, 4.69) is 37.8 Å². The van der Waals surface area contributed by atoms with E-state index in [4.69, 9.17) is 0 Å². The Morgan fingerprint density at radius 3 is 2.80 bits per heavy atom. The van der Waals surface area contributed by atoms with Crippen molar-refractivity contribution in [2.75, 3.05) is 0 Å². The largest absolute Gasteiger partial charge is 0.0985 e. The smallest absolute Gasteiger partial charge is 0.0163 e. The van der Waals surface area contributed by atoms with Gasteiger partial charge in [-0.05, 0) is 24.5 Å². The van der Waals surface area contributed by atoms with E-state index in [0.717, 1.165) is 6.42 Å². The van der Waals surface area contributed by atoms with Gasteiger partial charge in [-0.1, -0.05) is 37.0 Å². The number of rotatable bonds is 1. The molecule has 0 N–H and O–H groups in total. The zero-order valence-corrected chi connectivity index (χ0v) is 6.30. The van der Waals surface area contributed by atoms with Crippen LogP contribution in [0.3, 0.4) is 0 Å². The summed E-state index contributed by atoms with van der Waals surface area (Å²) in [5.74, 6) is 0. The lowest BCUT2D eigenvalue weighted by Gasteiger charge is -1.94. The van der Waals surface area contributed by atoms with Gasteiger partial charge in [-0.15, -0.1) is 0 Å². The van der Waals surface area contributed by atoms with Crippen LogP contribution >= 0.6 is 0 Å². The van der Waals surface area contributed by atoms with Gasteiger partial charge in [-0.25, -0.2) is 0 Å². The molecule has 1 aliphatic rings. The maximum Gasteiger partial charge on any atom is -0.0163 e. The van der Waals surface area contributed by atoms with Gasteiger partial charge in [-0.3, -0.25) is 0 Å². The monoisotopic (exact) mass is 132 g/mol. The Kier molecular flexibility index (Phi) is 2.27. The third-order valence-electron chi connectivity index (χ3n) is 1.61. The van der Waals surface area contributed by atoms with E-state index in [1.807, 2.05) is 6.08 Å². The summed E-state index contributed by atoms with van der Waals surface area (Å²) in [7, 11) is 0. The topological polar surface area (TPSA) is 0 Å². The van der Waals surface area contributed by atoms with Gasteiger partial charge >= 0.3 is 0 Å². The van der Waals surface area contributed by atoms with Crippen molar-refractivity contribution < 1.29 is 0 Å². The van der Waals surface area contributed by atoms with Gasteiger partial charge in [0, 0.05) is 0 Å². The molecule has 0 aromatic carbocycles. The number of allylic oxidation sites excluding steroid dienone is 7. The van der Waals surface area contributed by atoms with Crippen LogP contribution in [-0.2, 0) is 0 Å². The molecule has 0 spiro atoms. The molecule has 0 saturated heterocycles. The summed E-state index contributed by atoms with van der Waals surface area (Å²) in [5, 5.41) is 0. The van der Waals surface area contributed by atoms with Crippen LogP contribution in [0.2, 0.25) is 0 Å². The summed E-state index contributed by atoms with van der Waals surface area (Å²) in [6.45, 7) is 5.83. The molecule has 1 rings (SSSR count). The molecule has 0 heteroatoms. The molecule has 0 bridgehead atoms. The standard InChI is InChI=1S/C10H12/c1-3-10-8-6-4-5-7-9(10)2/h3,5-8H,1,4H2,2H3. The first kappa shape index (κ1) is 7.07. The quantitative estimate of drug-likeness (QED) is 0.514.